The Labute approximate surface area is 148 Å². The fourth-order valence-corrected chi connectivity index (χ4v) is 2.16. The van der Waals surface area contributed by atoms with E-state index in [1.54, 1.807) is 18.2 Å². The molecule has 0 heterocycles. The summed E-state index contributed by atoms with van der Waals surface area (Å²) < 4.78 is 53.3. The van der Waals surface area contributed by atoms with E-state index in [1.807, 2.05) is 0 Å². The lowest BCUT2D eigenvalue weighted by atomic mass is 10.2. The Balaban J connectivity index is 2.14. The number of guanidine groups is 1. The number of benzene rings is 2. The first-order valence-corrected chi connectivity index (χ1v) is 7.45. The first-order chi connectivity index (χ1) is 12.4. The summed E-state index contributed by atoms with van der Waals surface area (Å²) in [5.74, 6) is -0.0299. The van der Waals surface area contributed by atoms with Crippen LogP contribution in [0.25, 0.3) is 0 Å². The van der Waals surface area contributed by atoms with Crippen LogP contribution in [-0.4, -0.2) is 26.8 Å². The third kappa shape index (κ3) is 4.95. The van der Waals surface area contributed by atoms with E-state index < -0.39 is 12.4 Å². The van der Waals surface area contributed by atoms with Crippen molar-refractivity contribution in [1.29, 1.82) is 0 Å². The van der Waals surface area contributed by atoms with Gasteiger partial charge in [-0.05, 0) is 24.3 Å². The molecule has 0 fully saturated rings. The predicted molar refractivity (Wildman–Crippen MR) is 91.5 cm³/mol. The fourth-order valence-electron chi connectivity index (χ4n) is 2.16. The Kier molecular flexibility index (Phi) is 6.54. The van der Waals surface area contributed by atoms with Gasteiger partial charge in [0.1, 0.15) is 11.6 Å². The van der Waals surface area contributed by atoms with E-state index in [4.69, 9.17) is 15.2 Å². The van der Waals surface area contributed by atoms with Crippen LogP contribution in [-0.2, 0) is 6.54 Å². The highest BCUT2D eigenvalue weighted by Crippen LogP contribution is 2.29. The number of nitrogens with zero attached hydrogens (tertiary/aromatic N) is 1. The highest BCUT2D eigenvalue weighted by Gasteiger charge is 2.13. The van der Waals surface area contributed by atoms with Crippen molar-refractivity contribution >= 4 is 11.6 Å². The molecule has 2 aromatic carbocycles. The number of hydrogen-bond acceptors (Lipinski definition) is 4. The Hall–Kier alpha value is -3.10. The van der Waals surface area contributed by atoms with Gasteiger partial charge < -0.3 is 25.3 Å². The van der Waals surface area contributed by atoms with E-state index in [0.29, 0.717) is 17.2 Å². The Morgan fingerprint density at radius 3 is 2.50 bits per heavy atom. The summed E-state index contributed by atoms with van der Waals surface area (Å²) in [6.45, 7) is -3.34. The summed E-state index contributed by atoms with van der Waals surface area (Å²) in [4.78, 5) is 3.96. The third-order valence-electron chi connectivity index (χ3n) is 3.36. The van der Waals surface area contributed by atoms with Crippen molar-refractivity contribution in [3.8, 4) is 17.2 Å². The first-order valence-electron chi connectivity index (χ1n) is 7.45. The number of rotatable bonds is 7. The molecule has 2 aromatic rings. The molecule has 0 bridgehead atoms. The molecule has 0 saturated heterocycles. The van der Waals surface area contributed by atoms with Gasteiger partial charge in [0.2, 0.25) is 0 Å². The Morgan fingerprint density at radius 1 is 1.12 bits per heavy atom. The zero-order valence-corrected chi connectivity index (χ0v) is 14.1. The highest BCUT2D eigenvalue weighted by atomic mass is 19.3. The van der Waals surface area contributed by atoms with Crippen molar-refractivity contribution in [2.24, 2.45) is 10.7 Å². The number of ether oxygens (including phenoxy) is 3. The van der Waals surface area contributed by atoms with Gasteiger partial charge in [0.05, 0.1) is 26.3 Å². The van der Waals surface area contributed by atoms with Gasteiger partial charge in [-0.15, -0.1) is 0 Å². The number of nitrogens with two attached hydrogens (primary N) is 1. The molecular formula is C17H18F3N3O3. The molecule has 0 saturated carbocycles. The van der Waals surface area contributed by atoms with Gasteiger partial charge in [-0.25, -0.2) is 9.38 Å². The van der Waals surface area contributed by atoms with Crippen LogP contribution in [0.3, 0.4) is 0 Å². The Morgan fingerprint density at radius 2 is 1.85 bits per heavy atom. The van der Waals surface area contributed by atoms with E-state index in [1.165, 1.54) is 26.4 Å². The van der Waals surface area contributed by atoms with Gasteiger partial charge in [-0.3, -0.25) is 0 Å². The van der Waals surface area contributed by atoms with Crippen molar-refractivity contribution in [3.05, 3.63) is 47.8 Å². The second kappa shape index (κ2) is 8.84. The molecule has 0 atom stereocenters. The molecule has 3 N–H and O–H groups in total. The van der Waals surface area contributed by atoms with Crippen LogP contribution in [0, 0.1) is 5.82 Å². The van der Waals surface area contributed by atoms with E-state index in [0.717, 1.165) is 6.07 Å². The molecule has 0 aliphatic carbocycles. The number of alkyl halides is 2. The van der Waals surface area contributed by atoms with Crippen LogP contribution < -0.4 is 25.3 Å². The lowest BCUT2D eigenvalue weighted by Gasteiger charge is -2.12. The van der Waals surface area contributed by atoms with Crippen molar-refractivity contribution in [2.45, 2.75) is 13.2 Å². The SMILES string of the molecule is COc1ccc(NC(N)=NCc2c(F)cccc2OC(F)F)cc1OC. The van der Waals surface area contributed by atoms with E-state index in [2.05, 4.69) is 15.0 Å². The number of nitrogens with one attached hydrogen (secondary N) is 1. The van der Waals surface area contributed by atoms with Gasteiger partial charge in [0.15, 0.2) is 17.5 Å². The summed E-state index contributed by atoms with van der Waals surface area (Å²) in [5, 5.41) is 2.80. The summed E-state index contributed by atoms with van der Waals surface area (Å²) >= 11 is 0. The monoisotopic (exact) mass is 369 g/mol. The van der Waals surface area contributed by atoms with Crippen LogP contribution in [0.15, 0.2) is 41.4 Å². The minimum atomic E-state index is -3.07. The highest BCUT2D eigenvalue weighted by molar-refractivity contribution is 5.92. The topological polar surface area (TPSA) is 78.1 Å². The first kappa shape index (κ1) is 19.2. The third-order valence-corrected chi connectivity index (χ3v) is 3.36. The van der Waals surface area contributed by atoms with E-state index in [9.17, 15) is 13.2 Å². The summed E-state index contributed by atoms with van der Waals surface area (Å²) in [6.07, 6.45) is 0. The standard InChI is InChI=1S/C17H18F3N3O3/c1-24-14-7-6-10(8-15(14)25-2)23-17(21)22-9-11-12(18)4-3-5-13(11)26-16(19)20/h3-8,16H,9H2,1-2H3,(H3,21,22,23). The molecule has 0 unspecified atom stereocenters. The fraction of sp³-hybridized carbons (Fsp3) is 0.235. The predicted octanol–water partition coefficient (Wildman–Crippen LogP) is 3.37. The summed E-state index contributed by atoms with van der Waals surface area (Å²) in [6, 6.07) is 8.61. The quantitative estimate of drug-likeness (QED) is 0.578. The maximum atomic E-state index is 13.9. The average molecular weight is 369 g/mol. The lowest BCUT2D eigenvalue weighted by molar-refractivity contribution is -0.0506. The van der Waals surface area contributed by atoms with Crippen LogP contribution in [0.1, 0.15) is 5.56 Å². The molecule has 0 aliphatic heterocycles. The van der Waals surface area contributed by atoms with E-state index >= 15 is 0 Å². The second-order valence-electron chi connectivity index (χ2n) is 4.99. The molecular weight excluding hydrogens is 351 g/mol. The molecule has 0 spiro atoms. The minimum absolute atomic E-state index is 0.0385. The number of anilines is 1. The zero-order chi connectivity index (χ0) is 19.1. The van der Waals surface area contributed by atoms with Crippen LogP contribution >= 0.6 is 0 Å². The molecule has 6 nitrogen and oxygen atoms in total. The van der Waals surface area contributed by atoms with E-state index in [-0.39, 0.29) is 23.8 Å². The van der Waals surface area contributed by atoms with Gasteiger partial charge in [0.25, 0.3) is 0 Å². The summed E-state index contributed by atoms with van der Waals surface area (Å²) in [5.41, 5.74) is 6.21. The summed E-state index contributed by atoms with van der Waals surface area (Å²) in [7, 11) is 3.00. The smallest absolute Gasteiger partial charge is 0.387 e. The van der Waals surface area contributed by atoms with Crippen LogP contribution in [0.2, 0.25) is 0 Å². The molecule has 0 aliphatic rings. The molecule has 2 rings (SSSR count). The minimum Gasteiger partial charge on any atom is -0.493 e. The number of methoxy groups -OCH3 is 2. The lowest BCUT2D eigenvalue weighted by Crippen LogP contribution is -2.22. The second-order valence-corrected chi connectivity index (χ2v) is 4.99. The molecule has 26 heavy (non-hydrogen) atoms. The van der Waals surface area contributed by atoms with Gasteiger partial charge >= 0.3 is 6.61 Å². The van der Waals surface area contributed by atoms with Crippen LogP contribution in [0.5, 0.6) is 17.2 Å². The normalized spacial score (nSPS) is 11.4. The molecule has 0 radical (unpaired) electrons. The zero-order valence-electron chi connectivity index (χ0n) is 14.1. The maximum Gasteiger partial charge on any atom is 0.387 e. The molecule has 140 valence electrons. The van der Waals surface area contributed by atoms with Gasteiger partial charge in [0, 0.05) is 11.8 Å². The molecule has 0 aromatic heterocycles. The maximum absolute atomic E-state index is 13.9. The number of hydrogen-bond donors (Lipinski definition) is 2. The number of halogens is 3. The largest absolute Gasteiger partial charge is 0.493 e. The average Bonchev–Trinajstić information content (AvgIpc) is 2.60. The Bertz CT molecular complexity index is 785. The van der Waals surface area contributed by atoms with Gasteiger partial charge in [-0.2, -0.15) is 8.78 Å². The molecule has 0 amide bonds. The van der Waals surface area contributed by atoms with Gasteiger partial charge in [-0.1, -0.05) is 6.07 Å². The molecule has 9 heteroatoms. The van der Waals surface area contributed by atoms with Crippen molar-refractivity contribution in [3.63, 3.8) is 0 Å². The number of aliphatic imine (C=N–C) groups is 1. The van der Waals surface area contributed by atoms with Crippen LogP contribution in [0.4, 0.5) is 18.9 Å². The van der Waals surface area contributed by atoms with Crippen molar-refractivity contribution < 1.29 is 27.4 Å². The van der Waals surface area contributed by atoms with Crippen molar-refractivity contribution in [1.82, 2.24) is 0 Å². The van der Waals surface area contributed by atoms with Crippen molar-refractivity contribution in [2.75, 3.05) is 19.5 Å².